The van der Waals surface area contributed by atoms with Gasteiger partial charge in [-0.15, -0.1) is 10.2 Å². The highest BCUT2D eigenvalue weighted by molar-refractivity contribution is 5.76. The Morgan fingerprint density at radius 3 is 3.05 bits per heavy atom. The summed E-state index contributed by atoms with van der Waals surface area (Å²) in [4.78, 5) is 11.6. The van der Waals surface area contributed by atoms with Crippen molar-refractivity contribution in [2.45, 2.75) is 31.7 Å². The highest BCUT2D eigenvalue weighted by Gasteiger charge is 2.19. The van der Waals surface area contributed by atoms with Crippen LogP contribution in [0.5, 0.6) is 0 Å². The monoisotopic (exact) mass is 273 g/mol. The third kappa shape index (κ3) is 3.33. The normalized spacial score (nSPS) is 14.6. The SMILES string of the molecule is O=C(CCNC1CC1)NCCc1nnc2ccccn12. The van der Waals surface area contributed by atoms with Crippen LogP contribution in [0, 0.1) is 0 Å². The molecule has 1 saturated carbocycles. The first kappa shape index (κ1) is 13.1. The maximum absolute atomic E-state index is 11.6. The number of nitrogens with zero attached hydrogens (tertiary/aromatic N) is 3. The number of hydrogen-bond donors (Lipinski definition) is 2. The van der Waals surface area contributed by atoms with Gasteiger partial charge in [0.05, 0.1) is 0 Å². The van der Waals surface area contributed by atoms with Crippen LogP contribution >= 0.6 is 0 Å². The number of rotatable bonds is 7. The first-order chi connectivity index (χ1) is 9.83. The maximum Gasteiger partial charge on any atom is 0.221 e. The van der Waals surface area contributed by atoms with Gasteiger partial charge in [0, 0.05) is 38.2 Å². The Morgan fingerprint density at radius 2 is 2.20 bits per heavy atom. The van der Waals surface area contributed by atoms with Crippen molar-refractivity contribution in [3.05, 3.63) is 30.2 Å². The predicted molar refractivity (Wildman–Crippen MR) is 75.3 cm³/mol. The van der Waals surface area contributed by atoms with E-state index in [-0.39, 0.29) is 5.91 Å². The largest absolute Gasteiger partial charge is 0.356 e. The summed E-state index contributed by atoms with van der Waals surface area (Å²) < 4.78 is 1.95. The number of hydrogen-bond acceptors (Lipinski definition) is 4. The Morgan fingerprint density at radius 1 is 1.30 bits per heavy atom. The third-order valence-electron chi connectivity index (χ3n) is 3.42. The van der Waals surface area contributed by atoms with Gasteiger partial charge in [-0.3, -0.25) is 9.20 Å². The van der Waals surface area contributed by atoms with Crippen molar-refractivity contribution in [1.82, 2.24) is 25.2 Å². The number of aromatic nitrogens is 3. The van der Waals surface area contributed by atoms with Crippen LogP contribution in [-0.4, -0.2) is 39.6 Å². The molecule has 0 unspecified atom stereocenters. The fraction of sp³-hybridized carbons (Fsp3) is 0.500. The lowest BCUT2D eigenvalue weighted by molar-refractivity contribution is -0.120. The molecule has 0 spiro atoms. The summed E-state index contributed by atoms with van der Waals surface area (Å²) in [6, 6.07) is 6.45. The second-order valence-corrected chi connectivity index (χ2v) is 5.12. The molecular weight excluding hydrogens is 254 g/mol. The topological polar surface area (TPSA) is 71.3 Å². The molecule has 0 aliphatic heterocycles. The van der Waals surface area contributed by atoms with Crippen LogP contribution in [0.1, 0.15) is 25.1 Å². The molecule has 2 aromatic heterocycles. The molecule has 2 aromatic rings. The summed E-state index contributed by atoms with van der Waals surface area (Å²) in [5, 5.41) is 14.5. The highest BCUT2D eigenvalue weighted by atomic mass is 16.1. The zero-order valence-electron chi connectivity index (χ0n) is 11.4. The maximum atomic E-state index is 11.6. The summed E-state index contributed by atoms with van der Waals surface area (Å²) in [5.74, 6) is 0.962. The van der Waals surface area contributed by atoms with E-state index in [1.165, 1.54) is 12.8 Å². The number of carbonyl (C=O) groups excluding carboxylic acids is 1. The van der Waals surface area contributed by atoms with E-state index in [1.54, 1.807) is 0 Å². The number of nitrogens with one attached hydrogen (secondary N) is 2. The second-order valence-electron chi connectivity index (χ2n) is 5.12. The average Bonchev–Trinajstić information content (AvgIpc) is 3.19. The number of amides is 1. The van der Waals surface area contributed by atoms with Crippen molar-refractivity contribution in [3.63, 3.8) is 0 Å². The Kier molecular flexibility index (Phi) is 3.92. The molecule has 6 nitrogen and oxygen atoms in total. The van der Waals surface area contributed by atoms with Crippen LogP contribution in [-0.2, 0) is 11.2 Å². The lowest BCUT2D eigenvalue weighted by atomic mass is 10.3. The summed E-state index contributed by atoms with van der Waals surface area (Å²) in [7, 11) is 0. The minimum absolute atomic E-state index is 0.0898. The standard InChI is InChI=1S/C14H19N5O/c20-14(7-9-15-11-4-5-11)16-8-6-13-18-17-12-3-1-2-10-19(12)13/h1-3,10-11,15H,4-9H2,(H,16,20). The molecule has 0 bridgehead atoms. The van der Waals surface area contributed by atoms with Crippen LogP contribution < -0.4 is 10.6 Å². The second kappa shape index (κ2) is 6.00. The van der Waals surface area contributed by atoms with Crippen molar-refractivity contribution in [2.75, 3.05) is 13.1 Å². The van der Waals surface area contributed by atoms with Gasteiger partial charge in [0.25, 0.3) is 0 Å². The summed E-state index contributed by atoms with van der Waals surface area (Å²) in [5.41, 5.74) is 0.836. The van der Waals surface area contributed by atoms with Gasteiger partial charge in [-0.2, -0.15) is 0 Å². The van der Waals surface area contributed by atoms with Gasteiger partial charge >= 0.3 is 0 Å². The van der Waals surface area contributed by atoms with E-state index in [1.807, 2.05) is 28.8 Å². The fourth-order valence-electron chi connectivity index (χ4n) is 2.14. The van der Waals surface area contributed by atoms with E-state index in [4.69, 9.17) is 0 Å². The van der Waals surface area contributed by atoms with E-state index < -0.39 is 0 Å². The average molecular weight is 273 g/mol. The van der Waals surface area contributed by atoms with Crippen LogP contribution in [0.25, 0.3) is 5.65 Å². The molecule has 1 amide bonds. The van der Waals surface area contributed by atoms with E-state index >= 15 is 0 Å². The quantitative estimate of drug-likeness (QED) is 0.772. The molecule has 0 atom stereocenters. The van der Waals surface area contributed by atoms with Crippen molar-refractivity contribution >= 4 is 11.6 Å². The Balaban J connectivity index is 1.41. The third-order valence-corrected chi connectivity index (χ3v) is 3.42. The molecule has 6 heteroatoms. The van der Waals surface area contributed by atoms with Gasteiger partial charge < -0.3 is 10.6 Å². The molecule has 0 radical (unpaired) electrons. The summed E-state index contributed by atoms with van der Waals surface area (Å²) >= 11 is 0. The zero-order chi connectivity index (χ0) is 13.8. The van der Waals surface area contributed by atoms with E-state index in [2.05, 4.69) is 20.8 Å². The Labute approximate surface area is 117 Å². The molecule has 20 heavy (non-hydrogen) atoms. The van der Waals surface area contributed by atoms with Crippen molar-refractivity contribution in [3.8, 4) is 0 Å². The summed E-state index contributed by atoms with van der Waals surface area (Å²) in [6.45, 7) is 1.36. The van der Waals surface area contributed by atoms with Crippen LogP contribution in [0.3, 0.4) is 0 Å². The molecule has 2 heterocycles. The first-order valence-corrected chi connectivity index (χ1v) is 7.11. The Hall–Kier alpha value is -1.95. The number of fused-ring (bicyclic) bond motifs is 1. The van der Waals surface area contributed by atoms with Gasteiger partial charge in [0.2, 0.25) is 5.91 Å². The van der Waals surface area contributed by atoms with Gasteiger partial charge in [-0.1, -0.05) is 6.07 Å². The van der Waals surface area contributed by atoms with Gasteiger partial charge in [0.1, 0.15) is 5.82 Å². The van der Waals surface area contributed by atoms with Crippen molar-refractivity contribution in [2.24, 2.45) is 0 Å². The summed E-state index contributed by atoms with van der Waals surface area (Å²) in [6.07, 6.45) is 5.67. The first-order valence-electron chi connectivity index (χ1n) is 7.11. The molecule has 1 fully saturated rings. The van der Waals surface area contributed by atoms with Crippen molar-refractivity contribution in [1.29, 1.82) is 0 Å². The van der Waals surface area contributed by atoms with Crippen LogP contribution in [0.4, 0.5) is 0 Å². The number of pyridine rings is 1. The lowest BCUT2D eigenvalue weighted by Gasteiger charge is -2.05. The molecule has 1 aliphatic rings. The molecule has 3 rings (SSSR count). The highest BCUT2D eigenvalue weighted by Crippen LogP contribution is 2.18. The molecule has 106 valence electrons. The van der Waals surface area contributed by atoms with E-state index in [0.29, 0.717) is 25.4 Å². The van der Waals surface area contributed by atoms with Crippen LogP contribution in [0.2, 0.25) is 0 Å². The minimum Gasteiger partial charge on any atom is -0.356 e. The Bertz CT molecular complexity index is 590. The predicted octanol–water partition coefficient (Wildman–Crippen LogP) is 0.530. The molecule has 0 aromatic carbocycles. The molecule has 1 aliphatic carbocycles. The fourth-order valence-corrected chi connectivity index (χ4v) is 2.14. The van der Waals surface area contributed by atoms with Crippen LogP contribution in [0.15, 0.2) is 24.4 Å². The van der Waals surface area contributed by atoms with E-state index in [9.17, 15) is 4.79 Å². The van der Waals surface area contributed by atoms with Gasteiger partial charge in [0.15, 0.2) is 5.65 Å². The minimum atomic E-state index is 0.0898. The lowest BCUT2D eigenvalue weighted by Crippen LogP contribution is -2.30. The smallest absolute Gasteiger partial charge is 0.221 e. The van der Waals surface area contributed by atoms with Crippen molar-refractivity contribution < 1.29 is 4.79 Å². The van der Waals surface area contributed by atoms with Gasteiger partial charge in [-0.25, -0.2) is 0 Å². The molecular formula is C14H19N5O. The zero-order valence-corrected chi connectivity index (χ0v) is 11.4. The molecule has 2 N–H and O–H groups in total. The van der Waals surface area contributed by atoms with Gasteiger partial charge in [-0.05, 0) is 25.0 Å². The molecule has 0 saturated heterocycles. The number of carbonyl (C=O) groups is 1. The van der Waals surface area contributed by atoms with E-state index in [0.717, 1.165) is 18.0 Å².